The Kier molecular flexibility index (Phi) is 6.75. The van der Waals surface area contributed by atoms with E-state index in [0.717, 1.165) is 12.1 Å². The van der Waals surface area contributed by atoms with Crippen LogP contribution in [0.25, 0.3) is 10.9 Å². The second kappa shape index (κ2) is 9.35. The molecular weight excluding hydrogens is 434 g/mol. The van der Waals surface area contributed by atoms with Crippen LogP contribution < -0.4 is 10.6 Å². The van der Waals surface area contributed by atoms with Crippen LogP contribution in [0.2, 0.25) is 0 Å². The van der Waals surface area contributed by atoms with Crippen LogP contribution >= 0.6 is 0 Å². The Balaban J connectivity index is 1.93. The van der Waals surface area contributed by atoms with Crippen molar-refractivity contribution >= 4 is 28.7 Å². The summed E-state index contributed by atoms with van der Waals surface area (Å²) in [6.45, 7) is 4.56. The molecular formula is C23H24F2N4O4. The largest absolute Gasteiger partial charge is 0.480 e. The average molecular weight is 458 g/mol. The molecule has 2 aromatic carbocycles. The van der Waals surface area contributed by atoms with E-state index in [4.69, 9.17) is 5.11 Å². The number of rotatable bonds is 7. The SMILES string of the molecule is CC(C)(C)C(NC(=O)c1nn(Cc2ccc(F)cc2F)c2ccccc12)C(=O)NCC(=O)O. The topological polar surface area (TPSA) is 113 Å². The second-order valence-corrected chi connectivity index (χ2v) is 8.64. The van der Waals surface area contributed by atoms with Gasteiger partial charge in [-0.3, -0.25) is 19.1 Å². The molecule has 0 fully saturated rings. The first-order valence-electron chi connectivity index (χ1n) is 10.2. The van der Waals surface area contributed by atoms with Crippen molar-refractivity contribution in [3.8, 4) is 0 Å². The van der Waals surface area contributed by atoms with Crippen LogP contribution in [0.4, 0.5) is 8.78 Å². The Labute approximate surface area is 188 Å². The summed E-state index contributed by atoms with van der Waals surface area (Å²) in [6, 6.07) is 9.02. The van der Waals surface area contributed by atoms with Crippen LogP contribution in [-0.4, -0.2) is 45.3 Å². The molecule has 0 saturated heterocycles. The molecule has 2 amide bonds. The lowest BCUT2D eigenvalue weighted by molar-refractivity contribution is -0.138. The normalized spacial score (nSPS) is 12.4. The number of hydrogen-bond donors (Lipinski definition) is 3. The first kappa shape index (κ1) is 23.8. The van der Waals surface area contributed by atoms with Crippen molar-refractivity contribution in [2.45, 2.75) is 33.4 Å². The highest BCUT2D eigenvalue weighted by Gasteiger charge is 2.34. The third-order valence-corrected chi connectivity index (χ3v) is 5.03. The van der Waals surface area contributed by atoms with Crippen LogP contribution in [0.15, 0.2) is 42.5 Å². The van der Waals surface area contributed by atoms with Crippen LogP contribution in [0.5, 0.6) is 0 Å². The number of carbonyl (C=O) groups is 3. The molecule has 3 N–H and O–H groups in total. The fraction of sp³-hybridized carbons (Fsp3) is 0.304. The predicted molar refractivity (Wildman–Crippen MR) is 117 cm³/mol. The van der Waals surface area contributed by atoms with Gasteiger partial charge in [0, 0.05) is 17.0 Å². The van der Waals surface area contributed by atoms with E-state index in [1.165, 1.54) is 10.7 Å². The molecule has 0 aliphatic carbocycles. The van der Waals surface area contributed by atoms with E-state index in [1.807, 2.05) is 0 Å². The van der Waals surface area contributed by atoms with Gasteiger partial charge in [-0.2, -0.15) is 5.10 Å². The van der Waals surface area contributed by atoms with Crippen molar-refractivity contribution in [3.63, 3.8) is 0 Å². The molecule has 3 rings (SSSR count). The van der Waals surface area contributed by atoms with Gasteiger partial charge in [-0.1, -0.05) is 45.0 Å². The monoisotopic (exact) mass is 458 g/mol. The number of halogens is 2. The third kappa shape index (κ3) is 5.51. The van der Waals surface area contributed by atoms with E-state index in [9.17, 15) is 23.2 Å². The van der Waals surface area contributed by atoms with Crippen molar-refractivity contribution in [2.24, 2.45) is 5.41 Å². The number of carbonyl (C=O) groups excluding carboxylic acids is 2. The van der Waals surface area contributed by atoms with E-state index < -0.39 is 47.4 Å². The molecule has 1 heterocycles. The maximum absolute atomic E-state index is 14.2. The molecule has 3 aromatic rings. The summed E-state index contributed by atoms with van der Waals surface area (Å²) in [7, 11) is 0. The number of aromatic nitrogens is 2. The van der Waals surface area contributed by atoms with Gasteiger partial charge in [-0.15, -0.1) is 0 Å². The predicted octanol–water partition coefficient (Wildman–Crippen LogP) is 2.71. The minimum atomic E-state index is -1.21. The van der Waals surface area contributed by atoms with Crippen molar-refractivity contribution in [2.75, 3.05) is 6.54 Å². The third-order valence-electron chi connectivity index (χ3n) is 5.03. The molecule has 0 aliphatic rings. The summed E-state index contributed by atoms with van der Waals surface area (Å²) in [5, 5.41) is 18.6. The zero-order valence-corrected chi connectivity index (χ0v) is 18.4. The Hall–Kier alpha value is -3.82. The Bertz CT molecular complexity index is 1220. The van der Waals surface area contributed by atoms with Gasteiger partial charge in [-0.25, -0.2) is 8.78 Å². The number of nitrogens with zero attached hydrogens (tertiary/aromatic N) is 2. The lowest BCUT2D eigenvalue weighted by Crippen LogP contribution is -2.54. The Morgan fingerprint density at radius 2 is 1.82 bits per heavy atom. The lowest BCUT2D eigenvalue weighted by Gasteiger charge is -2.30. The first-order chi connectivity index (χ1) is 15.5. The summed E-state index contributed by atoms with van der Waals surface area (Å²) >= 11 is 0. The van der Waals surface area contributed by atoms with E-state index in [1.54, 1.807) is 45.0 Å². The quantitative estimate of drug-likeness (QED) is 0.504. The number of benzene rings is 2. The van der Waals surface area contributed by atoms with Gasteiger partial charge in [0.05, 0.1) is 12.1 Å². The summed E-state index contributed by atoms with van der Waals surface area (Å²) in [4.78, 5) is 36.5. The zero-order chi connectivity index (χ0) is 24.3. The zero-order valence-electron chi connectivity index (χ0n) is 18.4. The molecule has 8 nitrogen and oxygen atoms in total. The van der Waals surface area contributed by atoms with Gasteiger partial charge in [0.2, 0.25) is 5.91 Å². The van der Waals surface area contributed by atoms with Crippen LogP contribution in [0.1, 0.15) is 36.8 Å². The number of fused-ring (bicyclic) bond motifs is 1. The van der Waals surface area contributed by atoms with Crippen molar-refractivity contribution in [1.29, 1.82) is 0 Å². The molecule has 0 radical (unpaired) electrons. The molecule has 174 valence electrons. The second-order valence-electron chi connectivity index (χ2n) is 8.64. The maximum atomic E-state index is 14.2. The van der Waals surface area contributed by atoms with Crippen LogP contribution in [-0.2, 0) is 16.1 Å². The lowest BCUT2D eigenvalue weighted by atomic mass is 9.86. The van der Waals surface area contributed by atoms with E-state index in [-0.39, 0.29) is 17.8 Å². The van der Waals surface area contributed by atoms with Gasteiger partial charge >= 0.3 is 5.97 Å². The van der Waals surface area contributed by atoms with Gasteiger partial charge in [0.1, 0.15) is 24.2 Å². The molecule has 1 aromatic heterocycles. The molecule has 0 spiro atoms. The molecule has 1 unspecified atom stereocenters. The standard InChI is InChI=1S/C23H24F2N4O4/c1-23(2,3)20(22(33)26-11-18(30)31)27-21(32)19-15-6-4-5-7-17(15)29(28-19)12-13-8-9-14(24)10-16(13)25/h4-10,20H,11-12H2,1-3H3,(H,26,33)(H,27,32)(H,30,31). The van der Waals surface area contributed by atoms with E-state index >= 15 is 0 Å². The minimum absolute atomic E-state index is 0.0217. The molecule has 33 heavy (non-hydrogen) atoms. The van der Waals surface area contributed by atoms with E-state index in [2.05, 4.69) is 15.7 Å². The number of hydrogen-bond acceptors (Lipinski definition) is 4. The van der Waals surface area contributed by atoms with Gasteiger partial charge in [-0.05, 0) is 17.5 Å². The molecule has 10 heteroatoms. The van der Waals surface area contributed by atoms with Gasteiger partial charge < -0.3 is 15.7 Å². The summed E-state index contributed by atoms with van der Waals surface area (Å²) < 4.78 is 28.9. The fourth-order valence-corrected chi connectivity index (χ4v) is 3.37. The number of carboxylic acid groups (broad SMARTS) is 1. The minimum Gasteiger partial charge on any atom is -0.480 e. The number of aliphatic carboxylic acids is 1. The smallest absolute Gasteiger partial charge is 0.322 e. The summed E-state index contributed by atoms with van der Waals surface area (Å²) in [5.74, 6) is -3.93. The average Bonchev–Trinajstić information content (AvgIpc) is 3.10. The molecule has 0 aliphatic heterocycles. The maximum Gasteiger partial charge on any atom is 0.322 e. The van der Waals surface area contributed by atoms with Crippen molar-refractivity contribution < 1.29 is 28.3 Å². The highest BCUT2D eigenvalue weighted by Crippen LogP contribution is 2.23. The highest BCUT2D eigenvalue weighted by atomic mass is 19.1. The van der Waals surface area contributed by atoms with Crippen LogP contribution in [0, 0.1) is 17.0 Å². The van der Waals surface area contributed by atoms with Crippen molar-refractivity contribution in [3.05, 3.63) is 65.4 Å². The summed E-state index contributed by atoms with van der Waals surface area (Å²) in [6.07, 6.45) is 0. The summed E-state index contributed by atoms with van der Waals surface area (Å²) in [5.41, 5.74) is 0.0352. The Morgan fingerprint density at radius 3 is 2.45 bits per heavy atom. The molecule has 0 saturated carbocycles. The van der Waals surface area contributed by atoms with Gasteiger partial charge in [0.15, 0.2) is 5.69 Å². The number of para-hydroxylation sites is 1. The first-order valence-corrected chi connectivity index (χ1v) is 10.2. The molecule has 1 atom stereocenters. The van der Waals surface area contributed by atoms with Gasteiger partial charge in [0.25, 0.3) is 5.91 Å². The van der Waals surface area contributed by atoms with Crippen LogP contribution in [0.3, 0.4) is 0 Å². The number of nitrogens with one attached hydrogen (secondary N) is 2. The fourth-order valence-electron chi connectivity index (χ4n) is 3.37. The van der Waals surface area contributed by atoms with Crippen molar-refractivity contribution in [1.82, 2.24) is 20.4 Å². The number of amides is 2. The number of carboxylic acids is 1. The Morgan fingerprint density at radius 1 is 1.12 bits per heavy atom. The van der Waals surface area contributed by atoms with E-state index in [0.29, 0.717) is 10.9 Å². The molecule has 0 bridgehead atoms. The highest BCUT2D eigenvalue weighted by molar-refractivity contribution is 6.06.